The van der Waals surface area contributed by atoms with Crippen LogP contribution in [0.2, 0.25) is 0 Å². The van der Waals surface area contributed by atoms with Crippen LogP contribution < -0.4 is 5.32 Å². The lowest BCUT2D eigenvalue weighted by Crippen LogP contribution is -2.26. The molecule has 0 aliphatic rings. The molecule has 108 valence electrons. The highest BCUT2D eigenvalue weighted by molar-refractivity contribution is 5.94. The van der Waals surface area contributed by atoms with Crippen molar-refractivity contribution in [1.29, 1.82) is 0 Å². The van der Waals surface area contributed by atoms with Gasteiger partial charge in [-0.05, 0) is 30.4 Å². The molecule has 0 aliphatic heterocycles. The van der Waals surface area contributed by atoms with Gasteiger partial charge in [-0.25, -0.2) is 0 Å². The van der Waals surface area contributed by atoms with Gasteiger partial charge in [0.05, 0.1) is 5.56 Å². The first-order chi connectivity index (χ1) is 9.52. The van der Waals surface area contributed by atoms with Crippen molar-refractivity contribution in [3.63, 3.8) is 0 Å². The Hall–Kier alpha value is -1.95. The third-order valence-corrected chi connectivity index (χ3v) is 3.30. The zero-order valence-electron chi connectivity index (χ0n) is 11.8. The average Bonchev–Trinajstić information content (AvgIpc) is 2.90. The molecule has 0 atom stereocenters. The summed E-state index contributed by atoms with van der Waals surface area (Å²) < 4.78 is 1.71. The topological polar surface area (TPSA) is 79.5 Å². The Morgan fingerprint density at radius 1 is 1.45 bits per heavy atom. The van der Waals surface area contributed by atoms with Gasteiger partial charge in [-0.2, -0.15) is 0 Å². The van der Waals surface area contributed by atoms with Gasteiger partial charge < -0.3 is 10.4 Å². The zero-order valence-corrected chi connectivity index (χ0v) is 11.8. The fourth-order valence-electron chi connectivity index (χ4n) is 1.91. The number of carbonyl (C=O) groups is 1. The van der Waals surface area contributed by atoms with Crippen LogP contribution in [-0.4, -0.2) is 38.8 Å². The summed E-state index contributed by atoms with van der Waals surface area (Å²) in [6.45, 7) is 4.78. The number of hydrogen-bond donors (Lipinski definition) is 2. The summed E-state index contributed by atoms with van der Waals surface area (Å²) in [6, 6.07) is 3.49. The SMILES string of the molecule is CC(C)(CO)CCCNC(=O)c1ccc2nncn2c1. The molecule has 0 aromatic carbocycles. The Morgan fingerprint density at radius 3 is 3.00 bits per heavy atom. The minimum absolute atomic E-state index is 0.0912. The number of aliphatic hydroxyl groups is 1. The molecule has 0 bridgehead atoms. The molecule has 6 nitrogen and oxygen atoms in total. The molecule has 0 spiro atoms. The van der Waals surface area contributed by atoms with Crippen LogP contribution in [0, 0.1) is 5.41 Å². The Morgan fingerprint density at radius 2 is 2.25 bits per heavy atom. The van der Waals surface area contributed by atoms with Gasteiger partial charge in [0.25, 0.3) is 5.91 Å². The molecule has 0 saturated heterocycles. The molecule has 2 rings (SSSR count). The number of amides is 1. The first-order valence-electron chi connectivity index (χ1n) is 6.70. The van der Waals surface area contributed by atoms with Gasteiger partial charge in [-0.1, -0.05) is 13.8 Å². The summed E-state index contributed by atoms with van der Waals surface area (Å²) in [5.41, 5.74) is 1.21. The van der Waals surface area contributed by atoms with E-state index in [0.29, 0.717) is 17.8 Å². The second kappa shape index (κ2) is 6.00. The number of nitrogens with zero attached hydrogens (tertiary/aromatic N) is 3. The fourth-order valence-corrected chi connectivity index (χ4v) is 1.91. The standard InChI is InChI=1S/C14H20N4O2/c1-14(2,9-19)6-3-7-15-13(20)11-4-5-12-17-16-10-18(12)8-11/h4-5,8,10,19H,3,6-7,9H2,1-2H3,(H,15,20). The summed E-state index contributed by atoms with van der Waals surface area (Å²) in [6.07, 6.45) is 4.99. The molecular formula is C14H20N4O2. The van der Waals surface area contributed by atoms with Gasteiger partial charge in [0.15, 0.2) is 5.65 Å². The highest BCUT2D eigenvalue weighted by atomic mass is 16.3. The molecular weight excluding hydrogens is 256 g/mol. The Labute approximate surface area is 117 Å². The van der Waals surface area contributed by atoms with Crippen molar-refractivity contribution in [3.05, 3.63) is 30.2 Å². The molecule has 1 amide bonds. The minimum Gasteiger partial charge on any atom is -0.396 e. The van der Waals surface area contributed by atoms with Gasteiger partial charge in [-0.15, -0.1) is 10.2 Å². The highest BCUT2D eigenvalue weighted by Crippen LogP contribution is 2.20. The number of pyridine rings is 1. The van der Waals surface area contributed by atoms with Crippen LogP contribution in [0.4, 0.5) is 0 Å². The van der Waals surface area contributed by atoms with Crippen molar-refractivity contribution >= 4 is 11.6 Å². The lowest BCUT2D eigenvalue weighted by molar-refractivity contribution is 0.0948. The molecule has 0 fully saturated rings. The van der Waals surface area contributed by atoms with E-state index in [1.165, 1.54) is 0 Å². The van der Waals surface area contributed by atoms with Crippen LogP contribution in [0.15, 0.2) is 24.7 Å². The van der Waals surface area contributed by atoms with E-state index in [4.69, 9.17) is 5.11 Å². The second-order valence-electron chi connectivity index (χ2n) is 5.70. The fraction of sp³-hybridized carbons (Fsp3) is 0.500. The number of fused-ring (bicyclic) bond motifs is 1. The highest BCUT2D eigenvalue weighted by Gasteiger charge is 2.15. The van der Waals surface area contributed by atoms with E-state index >= 15 is 0 Å². The van der Waals surface area contributed by atoms with E-state index < -0.39 is 0 Å². The Bertz CT molecular complexity index is 592. The lowest BCUT2D eigenvalue weighted by Gasteiger charge is -2.21. The normalized spacial score (nSPS) is 11.8. The first-order valence-corrected chi connectivity index (χ1v) is 6.70. The van der Waals surface area contributed by atoms with Crippen LogP contribution in [-0.2, 0) is 0 Å². The largest absolute Gasteiger partial charge is 0.396 e. The van der Waals surface area contributed by atoms with E-state index in [2.05, 4.69) is 15.5 Å². The Kier molecular flexibility index (Phi) is 4.34. The van der Waals surface area contributed by atoms with E-state index in [1.807, 2.05) is 13.8 Å². The quantitative estimate of drug-likeness (QED) is 0.778. The predicted molar refractivity (Wildman–Crippen MR) is 75.4 cm³/mol. The van der Waals surface area contributed by atoms with Crippen molar-refractivity contribution < 1.29 is 9.90 Å². The summed E-state index contributed by atoms with van der Waals surface area (Å²) >= 11 is 0. The Balaban J connectivity index is 1.85. The minimum atomic E-state index is -0.109. The maximum absolute atomic E-state index is 12.0. The van der Waals surface area contributed by atoms with E-state index in [0.717, 1.165) is 12.8 Å². The molecule has 2 aromatic heterocycles. The van der Waals surface area contributed by atoms with Gasteiger partial charge in [0.2, 0.25) is 0 Å². The van der Waals surface area contributed by atoms with Crippen molar-refractivity contribution in [3.8, 4) is 0 Å². The smallest absolute Gasteiger partial charge is 0.252 e. The average molecular weight is 276 g/mol. The summed E-state index contributed by atoms with van der Waals surface area (Å²) in [7, 11) is 0. The number of rotatable bonds is 6. The molecule has 0 unspecified atom stereocenters. The number of aromatic nitrogens is 3. The third-order valence-electron chi connectivity index (χ3n) is 3.30. The molecule has 6 heteroatoms. The van der Waals surface area contributed by atoms with Gasteiger partial charge in [-0.3, -0.25) is 9.20 Å². The molecule has 20 heavy (non-hydrogen) atoms. The van der Waals surface area contributed by atoms with Crippen molar-refractivity contribution in [1.82, 2.24) is 19.9 Å². The maximum atomic E-state index is 12.0. The molecule has 2 heterocycles. The van der Waals surface area contributed by atoms with Gasteiger partial charge in [0, 0.05) is 19.3 Å². The van der Waals surface area contributed by atoms with Gasteiger partial charge in [0.1, 0.15) is 6.33 Å². The second-order valence-corrected chi connectivity index (χ2v) is 5.70. The molecule has 0 aliphatic carbocycles. The zero-order chi connectivity index (χ0) is 14.6. The summed E-state index contributed by atoms with van der Waals surface area (Å²) in [5, 5.41) is 19.7. The van der Waals surface area contributed by atoms with Gasteiger partial charge >= 0.3 is 0 Å². The number of aliphatic hydroxyl groups excluding tert-OH is 1. The maximum Gasteiger partial charge on any atom is 0.252 e. The van der Waals surface area contributed by atoms with Crippen LogP contribution in [0.3, 0.4) is 0 Å². The number of carbonyl (C=O) groups excluding carboxylic acids is 1. The van der Waals surface area contributed by atoms with Crippen LogP contribution in [0.1, 0.15) is 37.0 Å². The monoisotopic (exact) mass is 276 g/mol. The summed E-state index contributed by atoms with van der Waals surface area (Å²) in [5.74, 6) is -0.109. The number of hydrogen-bond acceptors (Lipinski definition) is 4. The third kappa shape index (κ3) is 3.54. The molecule has 2 N–H and O–H groups in total. The number of nitrogens with one attached hydrogen (secondary N) is 1. The summed E-state index contributed by atoms with van der Waals surface area (Å²) in [4.78, 5) is 12.0. The molecule has 2 aromatic rings. The van der Waals surface area contributed by atoms with E-state index in [9.17, 15) is 4.79 Å². The van der Waals surface area contributed by atoms with Crippen LogP contribution in [0.25, 0.3) is 5.65 Å². The predicted octanol–water partition coefficient (Wildman–Crippen LogP) is 1.26. The lowest BCUT2D eigenvalue weighted by atomic mass is 9.89. The van der Waals surface area contributed by atoms with Crippen molar-refractivity contribution in [2.45, 2.75) is 26.7 Å². The van der Waals surface area contributed by atoms with Crippen molar-refractivity contribution in [2.24, 2.45) is 5.41 Å². The van der Waals surface area contributed by atoms with E-state index in [1.54, 1.807) is 29.1 Å². The first kappa shape index (κ1) is 14.5. The van der Waals surface area contributed by atoms with E-state index in [-0.39, 0.29) is 17.9 Å². The molecule has 0 saturated carbocycles. The van der Waals surface area contributed by atoms with Crippen LogP contribution in [0.5, 0.6) is 0 Å². The van der Waals surface area contributed by atoms with Crippen molar-refractivity contribution in [2.75, 3.05) is 13.2 Å². The molecule has 0 radical (unpaired) electrons. The van der Waals surface area contributed by atoms with Crippen LogP contribution >= 0.6 is 0 Å².